The molecule has 0 unspecified atom stereocenters. The predicted molar refractivity (Wildman–Crippen MR) is 131 cm³/mol. The Kier molecular flexibility index (Phi) is 8.40. The van der Waals surface area contributed by atoms with Gasteiger partial charge in [0.2, 0.25) is 5.91 Å². The summed E-state index contributed by atoms with van der Waals surface area (Å²) in [6, 6.07) is 21.1. The van der Waals surface area contributed by atoms with Crippen LogP contribution in [0.1, 0.15) is 31.4 Å². The SMILES string of the molecule is COc1cc(CNc2cccc(NC(=O)CC(C)C)c2)ccc1OCc1ccc(Cl)cc1. The summed E-state index contributed by atoms with van der Waals surface area (Å²) in [6.45, 7) is 5.09. The highest BCUT2D eigenvalue weighted by atomic mass is 35.5. The first-order chi connectivity index (χ1) is 15.4. The van der Waals surface area contributed by atoms with Crippen molar-refractivity contribution in [3.8, 4) is 11.5 Å². The molecule has 0 saturated heterocycles. The summed E-state index contributed by atoms with van der Waals surface area (Å²) >= 11 is 5.93. The van der Waals surface area contributed by atoms with Gasteiger partial charge >= 0.3 is 0 Å². The van der Waals surface area contributed by atoms with Crippen molar-refractivity contribution in [2.24, 2.45) is 5.92 Å². The van der Waals surface area contributed by atoms with E-state index in [0.717, 1.165) is 22.5 Å². The number of carbonyl (C=O) groups excluding carboxylic acids is 1. The van der Waals surface area contributed by atoms with E-state index in [2.05, 4.69) is 10.6 Å². The minimum Gasteiger partial charge on any atom is -0.493 e. The Labute approximate surface area is 194 Å². The lowest BCUT2D eigenvalue weighted by atomic mass is 10.1. The average molecular weight is 453 g/mol. The van der Waals surface area contributed by atoms with E-state index in [4.69, 9.17) is 21.1 Å². The van der Waals surface area contributed by atoms with Crippen LogP contribution in [-0.4, -0.2) is 13.0 Å². The van der Waals surface area contributed by atoms with Crippen LogP contribution in [0.25, 0.3) is 0 Å². The van der Waals surface area contributed by atoms with E-state index in [-0.39, 0.29) is 5.91 Å². The minimum absolute atomic E-state index is 0.0241. The third-order valence-corrected chi connectivity index (χ3v) is 5.02. The molecule has 0 fully saturated rings. The van der Waals surface area contributed by atoms with E-state index in [1.807, 2.05) is 80.6 Å². The van der Waals surface area contributed by atoms with Crippen LogP contribution in [0.15, 0.2) is 66.7 Å². The molecule has 6 heteroatoms. The van der Waals surface area contributed by atoms with Crippen molar-refractivity contribution in [2.75, 3.05) is 17.7 Å². The summed E-state index contributed by atoms with van der Waals surface area (Å²) in [6.07, 6.45) is 0.504. The van der Waals surface area contributed by atoms with Gasteiger partial charge in [0.25, 0.3) is 0 Å². The molecule has 3 aromatic carbocycles. The first-order valence-electron chi connectivity index (χ1n) is 10.6. The van der Waals surface area contributed by atoms with Crippen molar-refractivity contribution in [3.05, 3.63) is 82.9 Å². The number of anilines is 2. The second kappa shape index (κ2) is 11.4. The zero-order valence-corrected chi connectivity index (χ0v) is 19.4. The molecule has 0 aliphatic rings. The summed E-state index contributed by atoms with van der Waals surface area (Å²) in [5.41, 5.74) is 3.79. The molecule has 0 heterocycles. The van der Waals surface area contributed by atoms with Gasteiger partial charge in [0, 0.05) is 29.4 Å². The molecule has 0 aliphatic carbocycles. The van der Waals surface area contributed by atoms with Gasteiger partial charge in [0.05, 0.1) is 7.11 Å². The van der Waals surface area contributed by atoms with Crippen molar-refractivity contribution in [3.63, 3.8) is 0 Å². The fraction of sp³-hybridized carbons (Fsp3) is 0.269. The molecule has 5 nitrogen and oxygen atoms in total. The van der Waals surface area contributed by atoms with Crippen molar-refractivity contribution < 1.29 is 14.3 Å². The molecular weight excluding hydrogens is 424 g/mol. The lowest BCUT2D eigenvalue weighted by molar-refractivity contribution is -0.116. The number of rotatable bonds is 10. The quantitative estimate of drug-likeness (QED) is 0.367. The molecule has 168 valence electrons. The zero-order valence-electron chi connectivity index (χ0n) is 18.7. The highest BCUT2D eigenvalue weighted by molar-refractivity contribution is 6.30. The van der Waals surface area contributed by atoms with Gasteiger partial charge in [-0.2, -0.15) is 0 Å². The molecule has 3 aromatic rings. The van der Waals surface area contributed by atoms with Crippen LogP contribution >= 0.6 is 11.6 Å². The van der Waals surface area contributed by atoms with Gasteiger partial charge in [-0.1, -0.05) is 49.7 Å². The third-order valence-electron chi connectivity index (χ3n) is 4.77. The molecule has 3 rings (SSSR count). The lowest BCUT2D eigenvalue weighted by Gasteiger charge is -2.14. The lowest BCUT2D eigenvalue weighted by Crippen LogP contribution is -2.13. The average Bonchev–Trinajstić information content (AvgIpc) is 2.77. The molecule has 32 heavy (non-hydrogen) atoms. The fourth-order valence-corrected chi connectivity index (χ4v) is 3.30. The molecule has 0 spiro atoms. The first-order valence-corrected chi connectivity index (χ1v) is 11.0. The van der Waals surface area contributed by atoms with Gasteiger partial charge in [-0.05, 0) is 59.5 Å². The van der Waals surface area contributed by atoms with Crippen LogP contribution < -0.4 is 20.1 Å². The predicted octanol–water partition coefficient (Wildman–Crippen LogP) is 6.52. The molecule has 0 aromatic heterocycles. The largest absolute Gasteiger partial charge is 0.493 e. The number of methoxy groups -OCH3 is 1. The van der Waals surface area contributed by atoms with Crippen LogP contribution in [0.2, 0.25) is 5.02 Å². The van der Waals surface area contributed by atoms with E-state index >= 15 is 0 Å². The summed E-state index contributed by atoms with van der Waals surface area (Å²) in [5.74, 6) is 1.70. The van der Waals surface area contributed by atoms with E-state index in [9.17, 15) is 4.79 Å². The molecule has 0 radical (unpaired) electrons. The summed E-state index contributed by atoms with van der Waals surface area (Å²) < 4.78 is 11.4. The number of nitrogens with one attached hydrogen (secondary N) is 2. The number of hydrogen-bond acceptors (Lipinski definition) is 4. The van der Waals surface area contributed by atoms with E-state index in [1.54, 1.807) is 7.11 Å². The van der Waals surface area contributed by atoms with Crippen molar-refractivity contribution >= 4 is 28.9 Å². The van der Waals surface area contributed by atoms with Crippen LogP contribution in [0.3, 0.4) is 0 Å². The van der Waals surface area contributed by atoms with Crippen molar-refractivity contribution in [1.82, 2.24) is 0 Å². The Balaban J connectivity index is 1.59. The topological polar surface area (TPSA) is 59.6 Å². The standard InChI is InChI=1S/C26H29ClN2O3/c1-18(2)13-26(30)29-23-6-4-5-22(15-23)28-16-20-9-12-24(25(14-20)31-3)32-17-19-7-10-21(27)11-8-19/h4-12,14-15,18,28H,13,16-17H2,1-3H3,(H,29,30). The smallest absolute Gasteiger partial charge is 0.224 e. The van der Waals surface area contributed by atoms with Gasteiger partial charge in [-0.25, -0.2) is 0 Å². The molecule has 0 atom stereocenters. The second-order valence-corrected chi connectivity index (χ2v) is 8.42. The number of halogens is 1. The van der Waals surface area contributed by atoms with Crippen LogP contribution in [0.4, 0.5) is 11.4 Å². The maximum Gasteiger partial charge on any atom is 0.224 e. The van der Waals surface area contributed by atoms with Gasteiger partial charge in [0.15, 0.2) is 11.5 Å². The number of benzene rings is 3. The Hall–Kier alpha value is -3.18. The van der Waals surface area contributed by atoms with Crippen LogP contribution in [-0.2, 0) is 17.9 Å². The van der Waals surface area contributed by atoms with Gasteiger partial charge < -0.3 is 20.1 Å². The van der Waals surface area contributed by atoms with Gasteiger partial charge in [-0.15, -0.1) is 0 Å². The fourth-order valence-electron chi connectivity index (χ4n) is 3.18. The van der Waals surface area contributed by atoms with E-state index in [1.165, 1.54) is 0 Å². The summed E-state index contributed by atoms with van der Waals surface area (Å²) in [7, 11) is 1.63. The number of ether oxygens (including phenoxy) is 2. The van der Waals surface area contributed by atoms with Gasteiger partial charge in [-0.3, -0.25) is 4.79 Å². The maximum absolute atomic E-state index is 12.0. The molecule has 1 amide bonds. The maximum atomic E-state index is 12.0. The van der Waals surface area contributed by atoms with Crippen molar-refractivity contribution in [2.45, 2.75) is 33.4 Å². The highest BCUT2D eigenvalue weighted by Crippen LogP contribution is 2.29. The van der Waals surface area contributed by atoms with Crippen molar-refractivity contribution in [1.29, 1.82) is 0 Å². The third kappa shape index (κ3) is 7.20. The van der Waals surface area contributed by atoms with E-state index in [0.29, 0.717) is 42.0 Å². The monoisotopic (exact) mass is 452 g/mol. The Morgan fingerprint density at radius 2 is 1.66 bits per heavy atom. The highest BCUT2D eigenvalue weighted by Gasteiger charge is 2.08. The molecule has 0 aliphatic heterocycles. The zero-order chi connectivity index (χ0) is 22.9. The second-order valence-electron chi connectivity index (χ2n) is 7.98. The Morgan fingerprint density at radius 1 is 0.938 bits per heavy atom. The Bertz CT molecular complexity index is 1040. The number of hydrogen-bond donors (Lipinski definition) is 2. The number of carbonyl (C=O) groups is 1. The number of amides is 1. The summed E-state index contributed by atoms with van der Waals surface area (Å²) in [5, 5.41) is 7.04. The van der Waals surface area contributed by atoms with Crippen LogP contribution in [0, 0.1) is 5.92 Å². The minimum atomic E-state index is 0.0241. The normalized spacial score (nSPS) is 10.7. The Morgan fingerprint density at radius 3 is 2.38 bits per heavy atom. The molecule has 0 bridgehead atoms. The van der Waals surface area contributed by atoms with Gasteiger partial charge in [0.1, 0.15) is 6.61 Å². The summed E-state index contributed by atoms with van der Waals surface area (Å²) in [4.78, 5) is 12.0. The van der Waals surface area contributed by atoms with E-state index < -0.39 is 0 Å². The molecular formula is C26H29ClN2O3. The van der Waals surface area contributed by atoms with Crippen LogP contribution in [0.5, 0.6) is 11.5 Å². The molecule has 0 saturated carbocycles. The first kappa shape index (κ1) is 23.5. The molecule has 2 N–H and O–H groups in total.